The van der Waals surface area contributed by atoms with Gasteiger partial charge in [0.2, 0.25) is 0 Å². The van der Waals surface area contributed by atoms with Crippen molar-refractivity contribution in [2.45, 2.75) is 18.7 Å². The van der Waals surface area contributed by atoms with E-state index >= 15 is 0 Å². The summed E-state index contributed by atoms with van der Waals surface area (Å²) in [7, 11) is -3.30. The molecule has 0 amide bonds. The van der Waals surface area contributed by atoms with Crippen LogP contribution in [0.1, 0.15) is 13.8 Å². The molecule has 1 aromatic rings. The first-order valence-electron chi connectivity index (χ1n) is 6.46. The number of methoxy groups -OCH3 is 2. The quantitative estimate of drug-likeness (QED) is 0.551. The third kappa shape index (κ3) is 6.26. The molecule has 23 heavy (non-hydrogen) atoms. The van der Waals surface area contributed by atoms with Crippen LogP contribution < -0.4 is 9.47 Å². The molecule has 10 heteroatoms. The molecule has 1 unspecified atom stereocenters. The van der Waals surface area contributed by atoms with Gasteiger partial charge in [0, 0.05) is 17.8 Å². The predicted molar refractivity (Wildman–Crippen MR) is 86.8 cm³/mol. The molecule has 0 spiro atoms. The van der Waals surface area contributed by atoms with E-state index in [4.69, 9.17) is 14.0 Å². The summed E-state index contributed by atoms with van der Waals surface area (Å²) in [6.45, 7) is 3.22. The molecule has 0 aromatic heterocycles. The molecule has 130 valence electrons. The largest absolute Gasteiger partial charge is 0.495 e. The summed E-state index contributed by atoms with van der Waals surface area (Å²) in [5.41, 5.74) is 1.33. The van der Waals surface area contributed by atoms with Gasteiger partial charge in [-0.15, -0.1) is 0 Å². The summed E-state index contributed by atoms with van der Waals surface area (Å²) in [5, 5.41) is 0. The van der Waals surface area contributed by atoms with Crippen LogP contribution in [0.5, 0.6) is 11.5 Å². The Labute approximate surface area is 137 Å². The minimum absolute atomic E-state index is 0.144. The van der Waals surface area contributed by atoms with Gasteiger partial charge in [-0.2, -0.15) is 8.42 Å². The minimum Gasteiger partial charge on any atom is -0.495 e. The Bertz CT molecular complexity index is 709. The molecule has 1 N–H and O–H groups in total. The zero-order chi connectivity index (χ0) is 17.6. The molecule has 0 fully saturated rings. The zero-order valence-electron chi connectivity index (χ0n) is 13.2. The van der Waals surface area contributed by atoms with Crippen molar-refractivity contribution in [1.29, 1.82) is 0 Å². The highest BCUT2D eigenvalue weighted by Gasteiger charge is 2.17. The van der Waals surface area contributed by atoms with Gasteiger partial charge in [0.05, 0.1) is 42.3 Å². The van der Waals surface area contributed by atoms with Crippen LogP contribution in [0.3, 0.4) is 0 Å². The molecule has 0 heterocycles. The Hall–Kier alpha value is -1.49. The van der Waals surface area contributed by atoms with Crippen molar-refractivity contribution in [2.24, 2.45) is 4.99 Å². The number of ether oxygens (including phenoxy) is 2. The lowest BCUT2D eigenvalue weighted by Gasteiger charge is -2.12. The Morgan fingerprint density at radius 2 is 1.83 bits per heavy atom. The van der Waals surface area contributed by atoms with Gasteiger partial charge < -0.3 is 9.47 Å². The molecule has 0 aliphatic carbocycles. The van der Waals surface area contributed by atoms with Crippen molar-refractivity contribution in [3.05, 3.63) is 12.1 Å². The molecule has 0 bridgehead atoms. The Morgan fingerprint density at radius 1 is 1.22 bits per heavy atom. The highest BCUT2D eigenvalue weighted by Crippen LogP contribution is 2.36. The maximum Gasteiger partial charge on any atom is 0.397 e. The molecular weight excluding hydrogens is 346 g/mol. The van der Waals surface area contributed by atoms with E-state index in [1.807, 2.05) is 13.8 Å². The Balaban J connectivity index is 3.10. The lowest BCUT2D eigenvalue weighted by molar-refractivity contribution is 0.284. The standard InChI is InChI=1S/C13H19NO7S2/c1-9(2)14-10-7-12(20-4)13(8-11(10)19-3)22(15)6-5-21-23(16,17)18/h7-8H,5-6H2,1-4H3,(H,16,17,18). The molecular formula is C13H19NO7S2. The average molecular weight is 365 g/mol. The number of hydrogen-bond donors (Lipinski definition) is 1. The normalized spacial score (nSPS) is 12.6. The lowest BCUT2D eigenvalue weighted by atomic mass is 10.2. The fraction of sp³-hybridized carbons (Fsp3) is 0.462. The van der Waals surface area contributed by atoms with Gasteiger partial charge in [-0.3, -0.25) is 13.8 Å². The second-order valence-electron chi connectivity index (χ2n) is 4.53. The number of hydrogen-bond acceptors (Lipinski definition) is 7. The van der Waals surface area contributed by atoms with Crippen molar-refractivity contribution in [3.63, 3.8) is 0 Å². The second kappa shape index (κ2) is 8.39. The smallest absolute Gasteiger partial charge is 0.397 e. The van der Waals surface area contributed by atoms with Crippen LogP contribution in [-0.2, 0) is 25.4 Å². The third-order valence-corrected chi connectivity index (χ3v) is 4.37. The SMILES string of the molecule is COc1cc(S(=O)CCOS(=O)(=O)O)c(OC)cc1N=C(C)C. The zero-order valence-corrected chi connectivity index (χ0v) is 14.9. The van der Waals surface area contributed by atoms with Crippen molar-refractivity contribution < 1.29 is 30.8 Å². The number of rotatable bonds is 8. The number of nitrogens with zero attached hydrogens (tertiary/aromatic N) is 1. The summed E-state index contributed by atoms with van der Waals surface area (Å²) in [5.74, 6) is 0.594. The van der Waals surface area contributed by atoms with Crippen molar-refractivity contribution in [3.8, 4) is 11.5 Å². The fourth-order valence-electron chi connectivity index (χ4n) is 1.68. The molecule has 0 aliphatic rings. The number of benzene rings is 1. The van der Waals surface area contributed by atoms with E-state index in [2.05, 4.69) is 9.18 Å². The Morgan fingerprint density at radius 3 is 2.30 bits per heavy atom. The minimum atomic E-state index is -4.56. The first kappa shape index (κ1) is 19.6. The van der Waals surface area contributed by atoms with Gasteiger partial charge >= 0.3 is 10.4 Å². The number of aliphatic imine (C=N–C) groups is 1. The average Bonchev–Trinajstić information content (AvgIpc) is 2.44. The van der Waals surface area contributed by atoms with E-state index in [9.17, 15) is 12.6 Å². The van der Waals surface area contributed by atoms with E-state index in [0.29, 0.717) is 22.1 Å². The summed E-state index contributed by atoms with van der Waals surface area (Å²) in [6.07, 6.45) is 0. The van der Waals surface area contributed by atoms with Gasteiger partial charge in [-0.1, -0.05) is 0 Å². The van der Waals surface area contributed by atoms with Gasteiger partial charge in [-0.25, -0.2) is 4.18 Å². The Kier molecular flexibility index (Phi) is 7.13. The van der Waals surface area contributed by atoms with Crippen LogP contribution in [-0.4, -0.2) is 49.5 Å². The van der Waals surface area contributed by atoms with Crippen LogP contribution in [0.25, 0.3) is 0 Å². The first-order chi connectivity index (χ1) is 10.7. The molecule has 1 aromatic carbocycles. The van der Waals surface area contributed by atoms with Crippen LogP contribution in [0, 0.1) is 0 Å². The van der Waals surface area contributed by atoms with Gasteiger partial charge in [0.1, 0.15) is 17.2 Å². The fourth-order valence-corrected chi connectivity index (χ4v) is 3.14. The maximum atomic E-state index is 12.3. The van der Waals surface area contributed by atoms with Crippen LogP contribution in [0.4, 0.5) is 5.69 Å². The van der Waals surface area contributed by atoms with E-state index in [1.165, 1.54) is 20.3 Å². The van der Waals surface area contributed by atoms with Crippen molar-refractivity contribution in [2.75, 3.05) is 26.6 Å². The van der Waals surface area contributed by atoms with E-state index in [-0.39, 0.29) is 5.75 Å². The molecule has 0 saturated heterocycles. The lowest BCUT2D eigenvalue weighted by Crippen LogP contribution is -2.12. The molecule has 1 rings (SSSR count). The maximum absolute atomic E-state index is 12.3. The van der Waals surface area contributed by atoms with Gasteiger partial charge in [0.25, 0.3) is 0 Å². The van der Waals surface area contributed by atoms with Gasteiger partial charge in [-0.05, 0) is 13.8 Å². The topological polar surface area (TPSA) is 111 Å². The highest BCUT2D eigenvalue weighted by molar-refractivity contribution is 7.85. The summed E-state index contributed by atoms with van der Waals surface area (Å²) >= 11 is 0. The van der Waals surface area contributed by atoms with Crippen LogP contribution >= 0.6 is 0 Å². The first-order valence-corrected chi connectivity index (χ1v) is 9.14. The van der Waals surface area contributed by atoms with E-state index in [1.54, 1.807) is 6.07 Å². The van der Waals surface area contributed by atoms with Crippen molar-refractivity contribution >= 4 is 32.6 Å². The molecule has 0 aliphatic heterocycles. The van der Waals surface area contributed by atoms with E-state index in [0.717, 1.165) is 5.71 Å². The van der Waals surface area contributed by atoms with Crippen LogP contribution in [0.15, 0.2) is 22.0 Å². The van der Waals surface area contributed by atoms with Crippen LogP contribution in [0.2, 0.25) is 0 Å². The summed E-state index contributed by atoms with van der Waals surface area (Å²) in [4.78, 5) is 4.63. The third-order valence-electron chi connectivity index (χ3n) is 2.56. The second-order valence-corrected chi connectivity index (χ2v) is 7.16. The predicted octanol–water partition coefficient (Wildman–Crippen LogP) is 1.74. The molecule has 0 saturated carbocycles. The molecule has 0 radical (unpaired) electrons. The summed E-state index contributed by atoms with van der Waals surface area (Å²) < 4.78 is 56.4. The van der Waals surface area contributed by atoms with E-state index < -0.39 is 27.8 Å². The van der Waals surface area contributed by atoms with Gasteiger partial charge in [0.15, 0.2) is 0 Å². The highest BCUT2D eigenvalue weighted by atomic mass is 32.3. The van der Waals surface area contributed by atoms with Crippen molar-refractivity contribution in [1.82, 2.24) is 0 Å². The monoisotopic (exact) mass is 365 g/mol. The summed E-state index contributed by atoms with van der Waals surface area (Å²) in [6, 6.07) is 3.10. The molecule has 8 nitrogen and oxygen atoms in total. The molecule has 1 atom stereocenters.